The quantitative estimate of drug-likeness (QED) is 0.546. The number of hydrogen-bond donors (Lipinski definition) is 2. The molecule has 0 spiro atoms. The molecule has 0 unspecified atom stereocenters. The maximum Gasteiger partial charge on any atom is 0.325 e. The number of carbonyl (C=O) groups is 3. The molecule has 0 radical (unpaired) electrons. The van der Waals surface area contributed by atoms with Crippen molar-refractivity contribution in [2.75, 3.05) is 25.2 Å². The maximum atomic E-state index is 13.0. The molecule has 1 aromatic heterocycles. The lowest BCUT2D eigenvalue weighted by atomic mass is 10.1. The molecule has 3 aromatic rings. The molecule has 0 saturated heterocycles. The first-order chi connectivity index (χ1) is 14.4. The molecule has 3 rings (SSSR count). The molecule has 2 amide bonds. The predicted molar refractivity (Wildman–Crippen MR) is 118 cm³/mol. The number of benzene rings is 2. The highest BCUT2D eigenvalue weighted by molar-refractivity contribution is 7.83. The van der Waals surface area contributed by atoms with Crippen LogP contribution < -0.4 is 10.6 Å². The summed E-state index contributed by atoms with van der Waals surface area (Å²) >= 11 is 1.34. The Kier molecular flexibility index (Phi) is 6.96. The van der Waals surface area contributed by atoms with Crippen LogP contribution in [0.2, 0.25) is 0 Å². The van der Waals surface area contributed by atoms with Crippen LogP contribution in [0.15, 0.2) is 48.5 Å². The van der Waals surface area contributed by atoms with Crippen molar-refractivity contribution in [1.29, 1.82) is 0 Å². The monoisotopic (exact) mass is 444 g/mol. The molecule has 7 nitrogen and oxygen atoms in total. The van der Waals surface area contributed by atoms with Gasteiger partial charge in [0.1, 0.15) is 6.54 Å². The molecule has 30 heavy (non-hydrogen) atoms. The molecule has 156 valence electrons. The van der Waals surface area contributed by atoms with Crippen molar-refractivity contribution in [1.82, 2.24) is 5.32 Å². The molecule has 2 N–H and O–H groups in total. The number of hydrogen-bond acceptors (Lipinski definition) is 6. The Bertz CT molecular complexity index is 1140. The second-order valence-electron chi connectivity index (χ2n) is 6.42. The number of fused-ring (bicyclic) bond motifs is 1. The predicted octanol–water partition coefficient (Wildman–Crippen LogP) is 2.93. The average molecular weight is 445 g/mol. The highest BCUT2D eigenvalue weighted by atomic mass is 32.2. The number of amides is 2. The van der Waals surface area contributed by atoms with Crippen LogP contribution in [0.4, 0.5) is 5.69 Å². The Morgan fingerprint density at radius 2 is 1.83 bits per heavy atom. The highest BCUT2D eigenvalue weighted by Gasteiger charge is 2.19. The van der Waals surface area contributed by atoms with Gasteiger partial charge in [0.25, 0.3) is 11.8 Å². The highest BCUT2D eigenvalue weighted by Crippen LogP contribution is 2.32. The zero-order valence-corrected chi connectivity index (χ0v) is 18.0. The Hall–Kier alpha value is -3.04. The fourth-order valence-corrected chi connectivity index (χ4v) is 4.80. The van der Waals surface area contributed by atoms with Gasteiger partial charge in [0.2, 0.25) is 0 Å². The minimum atomic E-state index is -1.11. The molecule has 0 aliphatic heterocycles. The summed E-state index contributed by atoms with van der Waals surface area (Å²) in [5.41, 5.74) is 1.48. The number of rotatable bonds is 7. The molecule has 9 heteroatoms. The van der Waals surface area contributed by atoms with E-state index in [1.165, 1.54) is 24.5 Å². The summed E-state index contributed by atoms with van der Waals surface area (Å²) in [6.45, 7) is -0.245. The Balaban J connectivity index is 1.82. The normalized spacial score (nSPS) is 11.7. The van der Waals surface area contributed by atoms with E-state index in [1.807, 2.05) is 24.3 Å². The van der Waals surface area contributed by atoms with Gasteiger partial charge in [-0.1, -0.05) is 24.3 Å². The number of thiophene rings is 1. The van der Waals surface area contributed by atoms with Gasteiger partial charge in [0.05, 0.1) is 17.7 Å². The van der Waals surface area contributed by atoms with Crippen molar-refractivity contribution in [3.8, 4) is 0 Å². The van der Waals surface area contributed by atoms with Crippen LogP contribution >= 0.6 is 11.3 Å². The maximum absolute atomic E-state index is 13.0. The van der Waals surface area contributed by atoms with Crippen LogP contribution in [0.1, 0.15) is 25.6 Å². The van der Waals surface area contributed by atoms with Gasteiger partial charge >= 0.3 is 5.97 Å². The average Bonchev–Trinajstić information content (AvgIpc) is 3.10. The lowest BCUT2D eigenvalue weighted by molar-refractivity contribution is -0.139. The third-order valence-electron chi connectivity index (χ3n) is 4.26. The van der Waals surface area contributed by atoms with Gasteiger partial charge in [0.15, 0.2) is 0 Å². The molecule has 2 aromatic carbocycles. The molecule has 1 atom stereocenters. The van der Waals surface area contributed by atoms with Crippen LogP contribution in [0.5, 0.6) is 0 Å². The van der Waals surface area contributed by atoms with Crippen LogP contribution in [0.3, 0.4) is 0 Å². The molecule has 0 aliphatic carbocycles. The lowest BCUT2D eigenvalue weighted by Crippen LogP contribution is -2.30. The number of ether oxygens (including phenoxy) is 1. The minimum Gasteiger partial charge on any atom is -0.468 e. The van der Waals surface area contributed by atoms with Crippen LogP contribution in [0.25, 0.3) is 10.1 Å². The second-order valence-corrected chi connectivity index (χ2v) is 8.90. The molecule has 1 heterocycles. The third-order valence-corrected chi connectivity index (χ3v) is 6.16. The Morgan fingerprint density at radius 1 is 1.07 bits per heavy atom. The Labute approximate surface area is 179 Å². The summed E-state index contributed by atoms with van der Waals surface area (Å²) in [7, 11) is 0.132. The van der Waals surface area contributed by atoms with E-state index in [9.17, 15) is 18.6 Å². The minimum absolute atomic E-state index is 0.245. The van der Waals surface area contributed by atoms with Crippen LogP contribution in [-0.2, 0) is 26.1 Å². The number of methoxy groups -OCH3 is 1. The van der Waals surface area contributed by atoms with Gasteiger partial charge in [0, 0.05) is 33.0 Å². The molecule has 0 saturated carbocycles. The summed E-state index contributed by atoms with van der Waals surface area (Å²) in [6, 6.07) is 14.0. The van der Waals surface area contributed by atoms with E-state index in [0.717, 1.165) is 15.6 Å². The zero-order chi connectivity index (χ0) is 21.7. The molecular weight excluding hydrogens is 424 g/mol. The third kappa shape index (κ3) is 5.11. The van der Waals surface area contributed by atoms with E-state index in [1.54, 1.807) is 24.5 Å². The van der Waals surface area contributed by atoms with E-state index in [-0.39, 0.29) is 18.2 Å². The second kappa shape index (κ2) is 9.64. The van der Waals surface area contributed by atoms with Crippen molar-refractivity contribution >= 4 is 55.7 Å². The van der Waals surface area contributed by atoms with Gasteiger partial charge in [-0.15, -0.1) is 11.3 Å². The van der Waals surface area contributed by atoms with E-state index in [4.69, 9.17) is 0 Å². The van der Waals surface area contributed by atoms with E-state index in [2.05, 4.69) is 15.4 Å². The van der Waals surface area contributed by atoms with Gasteiger partial charge in [-0.3, -0.25) is 18.6 Å². The largest absolute Gasteiger partial charge is 0.468 e. The molecular formula is C21H20N2O5S2. The van der Waals surface area contributed by atoms with Gasteiger partial charge in [-0.2, -0.15) is 0 Å². The standard InChI is InChI=1S/C21H20N2O5S2/c1-28-18(24)11-22-20(25)13-6-5-7-14(10-13)23-21(26)19-16(12-30(2)27)15-8-3-4-9-17(15)29-19/h3-10H,11-12H2,1-2H3,(H,22,25)(H,23,26)/t30-/m1/s1. The van der Waals surface area contributed by atoms with Crippen molar-refractivity contribution in [3.05, 3.63) is 64.5 Å². The summed E-state index contributed by atoms with van der Waals surface area (Å²) in [5.74, 6) is -1.06. The topological polar surface area (TPSA) is 102 Å². The summed E-state index contributed by atoms with van der Waals surface area (Å²) in [6.07, 6.45) is 1.60. The van der Waals surface area contributed by atoms with E-state index < -0.39 is 22.7 Å². The van der Waals surface area contributed by atoms with Crippen LogP contribution in [0, 0.1) is 0 Å². The van der Waals surface area contributed by atoms with Crippen molar-refractivity contribution in [3.63, 3.8) is 0 Å². The summed E-state index contributed by atoms with van der Waals surface area (Å²) < 4.78 is 17.3. The number of carbonyl (C=O) groups excluding carboxylic acids is 3. The lowest BCUT2D eigenvalue weighted by Gasteiger charge is -2.08. The Morgan fingerprint density at radius 3 is 2.57 bits per heavy atom. The number of nitrogens with one attached hydrogen (secondary N) is 2. The first kappa shape index (κ1) is 21.7. The van der Waals surface area contributed by atoms with Gasteiger partial charge in [-0.05, 0) is 35.2 Å². The first-order valence-electron chi connectivity index (χ1n) is 8.96. The first-order valence-corrected chi connectivity index (χ1v) is 11.5. The molecule has 0 bridgehead atoms. The molecule has 0 fully saturated rings. The smallest absolute Gasteiger partial charge is 0.325 e. The van der Waals surface area contributed by atoms with Gasteiger partial charge in [-0.25, -0.2) is 0 Å². The zero-order valence-electron chi connectivity index (χ0n) is 16.4. The van der Waals surface area contributed by atoms with Crippen molar-refractivity contribution in [2.24, 2.45) is 0 Å². The number of anilines is 1. The van der Waals surface area contributed by atoms with E-state index >= 15 is 0 Å². The van der Waals surface area contributed by atoms with Crippen molar-refractivity contribution in [2.45, 2.75) is 5.75 Å². The molecule has 0 aliphatic rings. The van der Waals surface area contributed by atoms with Crippen LogP contribution in [-0.4, -0.2) is 41.9 Å². The van der Waals surface area contributed by atoms with E-state index in [0.29, 0.717) is 16.1 Å². The fourth-order valence-electron chi connectivity index (χ4n) is 2.88. The number of esters is 1. The fraction of sp³-hybridized carbons (Fsp3) is 0.190. The van der Waals surface area contributed by atoms with Crippen molar-refractivity contribution < 1.29 is 23.3 Å². The SMILES string of the molecule is COC(=O)CNC(=O)c1cccc(NC(=O)c2sc3ccccc3c2C[S@@](C)=O)c1. The van der Waals surface area contributed by atoms with Gasteiger partial charge < -0.3 is 15.4 Å². The summed E-state index contributed by atoms with van der Waals surface area (Å²) in [5, 5.41) is 6.17. The summed E-state index contributed by atoms with van der Waals surface area (Å²) in [4.78, 5) is 36.8.